The van der Waals surface area contributed by atoms with E-state index in [2.05, 4.69) is 193 Å². The largest absolute Gasteiger partial charge is 0.333 e. The zero-order valence-electron chi connectivity index (χ0n) is 31.5. The SMILES string of the molecule is CC1=C2C=C(c3ccc(N4c5ccccc5C5C=CC=CC54)cc3)C=CC2C(C)c2cc(Cc3ccc(-n4c5c(c6ccccc64)C=CCC5)cc3)ccc21. The van der Waals surface area contributed by atoms with E-state index in [9.17, 15) is 0 Å². The molecule has 4 aliphatic carbocycles. The first-order valence-electron chi connectivity index (χ1n) is 20.1. The van der Waals surface area contributed by atoms with Crippen molar-refractivity contribution in [2.45, 2.75) is 51.0 Å². The van der Waals surface area contributed by atoms with Gasteiger partial charge in [-0.3, -0.25) is 0 Å². The Balaban J connectivity index is 0.851. The van der Waals surface area contributed by atoms with Crippen LogP contribution >= 0.6 is 0 Å². The molecule has 0 N–H and O–H groups in total. The highest BCUT2D eigenvalue weighted by molar-refractivity contribution is 5.93. The Labute approximate surface area is 324 Å². The van der Waals surface area contributed by atoms with Gasteiger partial charge in [0.15, 0.2) is 0 Å². The first-order valence-corrected chi connectivity index (χ1v) is 20.1. The molecule has 0 fully saturated rings. The lowest BCUT2D eigenvalue weighted by atomic mass is 9.69. The van der Waals surface area contributed by atoms with Crippen LogP contribution in [-0.2, 0) is 12.8 Å². The molecule has 0 bridgehead atoms. The summed E-state index contributed by atoms with van der Waals surface area (Å²) >= 11 is 0. The fourth-order valence-electron chi connectivity index (χ4n) is 10.3. The van der Waals surface area contributed by atoms with Crippen LogP contribution in [0.5, 0.6) is 0 Å². The normalized spacial score (nSPS) is 21.6. The van der Waals surface area contributed by atoms with Crippen molar-refractivity contribution in [2.75, 3.05) is 4.90 Å². The zero-order valence-corrected chi connectivity index (χ0v) is 31.5. The average molecular weight is 709 g/mol. The summed E-state index contributed by atoms with van der Waals surface area (Å²) in [5.41, 5.74) is 20.3. The van der Waals surface area contributed by atoms with Gasteiger partial charge in [-0.1, -0.05) is 140 Å². The maximum Gasteiger partial charge on any atom is 0.0629 e. The molecule has 266 valence electrons. The van der Waals surface area contributed by atoms with Gasteiger partial charge in [0.2, 0.25) is 0 Å². The minimum absolute atomic E-state index is 0.319. The minimum Gasteiger partial charge on any atom is -0.333 e. The minimum atomic E-state index is 0.319. The first-order chi connectivity index (χ1) is 27.1. The van der Waals surface area contributed by atoms with E-state index in [1.54, 1.807) is 0 Å². The van der Waals surface area contributed by atoms with Crippen LogP contribution in [0.1, 0.15) is 76.7 Å². The van der Waals surface area contributed by atoms with Gasteiger partial charge in [0.25, 0.3) is 0 Å². The molecule has 11 rings (SSSR count). The maximum atomic E-state index is 2.51. The highest BCUT2D eigenvalue weighted by atomic mass is 15.2. The van der Waals surface area contributed by atoms with Gasteiger partial charge in [-0.15, -0.1) is 0 Å². The summed E-state index contributed by atoms with van der Waals surface area (Å²) in [6.45, 7) is 4.74. The van der Waals surface area contributed by atoms with Crippen molar-refractivity contribution >= 4 is 39.5 Å². The maximum absolute atomic E-state index is 2.51. The van der Waals surface area contributed by atoms with Crippen molar-refractivity contribution in [1.29, 1.82) is 0 Å². The van der Waals surface area contributed by atoms with E-state index in [0.717, 1.165) is 19.3 Å². The summed E-state index contributed by atoms with van der Waals surface area (Å²) in [5, 5.41) is 1.35. The second-order valence-corrected chi connectivity index (χ2v) is 16.0. The van der Waals surface area contributed by atoms with Crippen LogP contribution in [0.3, 0.4) is 0 Å². The second-order valence-electron chi connectivity index (χ2n) is 16.0. The molecular weight excluding hydrogens is 665 g/mol. The van der Waals surface area contributed by atoms with Gasteiger partial charge in [0, 0.05) is 45.5 Å². The van der Waals surface area contributed by atoms with Gasteiger partial charge in [0.1, 0.15) is 0 Å². The Bertz CT molecular complexity index is 2710. The van der Waals surface area contributed by atoms with Gasteiger partial charge >= 0.3 is 0 Å². The molecule has 4 unspecified atom stereocenters. The molecule has 5 aromatic carbocycles. The van der Waals surface area contributed by atoms with E-state index in [0.29, 0.717) is 23.8 Å². The highest BCUT2D eigenvalue weighted by Gasteiger charge is 2.37. The standard InChI is InChI=1S/C53H44N2/c1-34-43-30-24-39(38-22-27-41(28-23-38)55-52-17-9-5-13-46(52)47-14-6-10-18-53(47)55)33-49(43)35(2)42-29-21-37(32-48(34)42)31-36-19-25-40(26-20-36)54-50-15-7-3-11-44(50)45-12-4-8-16-51(45)54/h3-7,9-15,17-30,32-34,43,46,52H,8,16,31H2,1-2H3. The van der Waals surface area contributed by atoms with Crippen LogP contribution in [0.4, 0.5) is 11.4 Å². The number of para-hydroxylation sites is 2. The smallest absolute Gasteiger partial charge is 0.0629 e. The van der Waals surface area contributed by atoms with E-state index >= 15 is 0 Å². The molecule has 6 aromatic rings. The van der Waals surface area contributed by atoms with E-state index in [-0.39, 0.29) is 0 Å². The molecule has 2 heteroatoms. The van der Waals surface area contributed by atoms with Crippen LogP contribution in [0, 0.1) is 5.92 Å². The number of aromatic nitrogens is 1. The highest BCUT2D eigenvalue weighted by Crippen LogP contribution is 2.49. The summed E-state index contributed by atoms with van der Waals surface area (Å²) in [6.07, 6.45) is 24.1. The van der Waals surface area contributed by atoms with Crippen LogP contribution in [-0.4, -0.2) is 10.6 Å². The van der Waals surface area contributed by atoms with Crippen molar-refractivity contribution in [3.8, 4) is 5.69 Å². The van der Waals surface area contributed by atoms with Crippen molar-refractivity contribution < 1.29 is 0 Å². The van der Waals surface area contributed by atoms with Crippen LogP contribution in [0.25, 0.3) is 33.8 Å². The van der Waals surface area contributed by atoms with Crippen molar-refractivity contribution in [3.05, 3.63) is 214 Å². The lowest BCUT2D eigenvalue weighted by Gasteiger charge is -2.34. The Hall–Kier alpha value is -6.12. The molecule has 0 saturated heterocycles. The molecule has 55 heavy (non-hydrogen) atoms. The monoisotopic (exact) mass is 708 g/mol. The van der Waals surface area contributed by atoms with E-state index in [1.807, 2.05) is 0 Å². The van der Waals surface area contributed by atoms with Crippen LogP contribution < -0.4 is 4.90 Å². The number of rotatable bonds is 5. The van der Waals surface area contributed by atoms with Crippen molar-refractivity contribution in [2.24, 2.45) is 5.92 Å². The summed E-state index contributed by atoms with van der Waals surface area (Å²) in [5.74, 6) is 1.19. The molecule has 5 aliphatic rings. The number of hydrogen-bond donors (Lipinski definition) is 0. The molecule has 1 aliphatic heterocycles. The summed E-state index contributed by atoms with van der Waals surface area (Å²) < 4.78 is 2.48. The third kappa shape index (κ3) is 5.15. The second kappa shape index (κ2) is 12.7. The third-order valence-electron chi connectivity index (χ3n) is 13.0. The van der Waals surface area contributed by atoms with E-state index in [4.69, 9.17) is 0 Å². The van der Waals surface area contributed by atoms with Gasteiger partial charge < -0.3 is 9.47 Å². The molecule has 0 amide bonds. The predicted octanol–water partition coefficient (Wildman–Crippen LogP) is 13.1. The van der Waals surface area contributed by atoms with Gasteiger partial charge in [0.05, 0.1) is 11.6 Å². The molecule has 2 nitrogen and oxygen atoms in total. The number of hydrogen-bond acceptors (Lipinski definition) is 1. The van der Waals surface area contributed by atoms with Gasteiger partial charge in [-0.05, 0) is 119 Å². The molecule has 4 atom stereocenters. The average Bonchev–Trinajstić information content (AvgIpc) is 3.76. The first kappa shape index (κ1) is 32.3. The Morgan fingerprint density at radius 1 is 0.691 bits per heavy atom. The Morgan fingerprint density at radius 3 is 2.36 bits per heavy atom. The molecular formula is C53H44N2. The van der Waals surface area contributed by atoms with E-state index < -0.39 is 0 Å². The Kier molecular flexibility index (Phi) is 7.49. The molecule has 0 spiro atoms. The van der Waals surface area contributed by atoms with Crippen molar-refractivity contribution in [1.82, 2.24) is 4.57 Å². The number of anilines is 2. The molecule has 0 saturated carbocycles. The number of allylic oxidation sites excluding steroid dienone is 9. The lowest BCUT2D eigenvalue weighted by Crippen LogP contribution is -2.28. The molecule has 1 aromatic heterocycles. The van der Waals surface area contributed by atoms with Gasteiger partial charge in [-0.25, -0.2) is 0 Å². The third-order valence-corrected chi connectivity index (χ3v) is 13.0. The topological polar surface area (TPSA) is 8.17 Å². The quantitative estimate of drug-likeness (QED) is 0.173. The number of benzene rings is 5. The summed E-state index contributed by atoms with van der Waals surface area (Å²) in [7, 11) is 0. The fourth-order valence-corrected chi connectivity index (χ4v) is 10.3. The van der Waals surface area contributed by atoms with E-state index in [1.165, 1.54) is 89.3 Å². The Morgan fingerprint density at radius 2 is 1.47 bits per heavy atom. The zero-order chi connectivity index (χ0) is 36.6. The van der Waals surface area contributed by atoms with Gasteiger partial charge in [-0.2, -0.15) is 0 Å². The predicted molar refractivity (Wildman–Crippen MR) is 231 cm³/mol. The lowest BCUT2D eigenvalue weighted by molar-refractivity contribution is 0.613. The van der Waals surface area contributed by atoms with Crippen LogP contribution in [0.2, 0.25) is 0 Å². The number of fused-ring (bicyclic) bond motifs is 8. The summed E-state index contributed by atoms with van der Waals surface area (Å²) in [4.78, 5) is 2.51. The van der Waals surface area contributed by atoms with Crippen molar-refractivity contribution in [3.63, 3.8) is 0 Å². The number of nitrogens with zero attached hydrogens (tertiary/aromatic N) is 2. The van der Waals surface area contributed by atoms with Crippen LogP contribution in [0.15, 0.2) is 169 Å². The molecule has 0 radical (unpaired) electrons. The molecule has 2 heterocycles. The fraction of sp³-hybridized carbons (Fsp3) is 0.170. The summed E-state index contributed by atoms with van der Waals surface area (Å²) in [6, 6.07) is 43.8.